The molecule has 0 heterocycles. The van der Waals surface area contributed by atoms with Crippen LogP contribution in [0, 0.1) is 13.8 Å². The Morgan fingerprint density at radius 3 is 2.40 bits per heavy atom. The zero-order valence-corrected chi connectivity index (χ0v) is 9.59. The minimum Gasteiger partial charge on any atom is -0.102 e. The summed E-state index contributed by atoms with van der Waals surface area (Å²) in [6, 6.07) is 4.48. The maximum absolute atomic E-state index is 3.95. The monoisotopic (exact) mass is 198 g/mol. The first-order chi connectivity index (χ1) is 7.19. The molecule has 15 heavy (non-hydrogen) atoms. The van der Waals surface area contributed by atoms with Crippen LogP contribution < -0.4 is 0 Å². The Balaban J connectivity index is 2.63. The van der Waals surface area contributed by atoms with Crippen LogP contribution in [-0.4, -0.2) is 0 Å². The molecule has 0 heteroatoms. The zero-order valence-electron chi connectivity index (χ0n) is 9.59. The van der Waals surface area contributed by atoms with Gasteiger partial charge < -0.3 is 0 Å². The summed E-state index contributed by atoms with van der Waals surface area (Å²) in [4.78, 5) is 0. The van der Waals surface area contributed by atoms with Crippen molar-refractivity contribution < 1.29 is 0 Å². The van der Waals surface area contributed by atoms with Crippen molar-refractivity contribution in [1.29, 1.82) is 0 Å². The second-order valence-electron chi connectivity index (χ2n) is 4.43. The molecule has 0 aliphatic heterocycles. The molecule has 0 spiro atoms. The van der Waals surface area contributed by atoms with Crippen LogP contribution in [0.25, 0.3) is 0 Å². The van der Waals surface area contributed by atoms with Gasteiger partial charge in [0, 0.05) is 11.8 Å². The van der Waals surface area contributed by atoms with Gasteiger partial charge in [-0.05, 0) is 42.5 Å². The highest BCUT2D eigenvalue weighted by atomic mass is 14.3. The Bertz CT molecular complexity index is 412. The van der Waals surface area contributed by atoms with Gasteiger partial charge in [-0.25, -0.2) is 0 Å². The molecule has 0 saturated heterocycles. The van der Waals surface area contributed by atoms with Crippen LogP contribution in [0.3, 0.4) is 0 Å². The molecule has 2 atom stereocenters. The van der Waals surface area contributed by atoms with E-state index in [1.54, 1.807) is 0 Å². The number of fused-ring (bicyclic) bond motifs is 1. The van der Waals surface area contributed by atoms with E-state index in [4.69, 9.17) is 0 Å². The van der Waals surface area contributed by atoms with Gasteiger partial charge in [-0.15, -0.1) is 13.2 Å². The fraction of sp³-hybridized carbons (Fsp3) is 0.333. The van der Waals surface area contributed by atoms with Crippen molar-refractivity contribution >= 4 is 0 Å². The van der Waals surface area contributed by atoms with Gasteiger partial charge in [0.1, 0.15) is 0 Å². The van der Waals surface area contributed by atoms with Gasteiger partial charge in [0.15, 0.2) is 0 Å². The van der Waals surface area contributed by atoms with E-state index in [1.807, 2.05) is 0 Å². The van der Waals surface area contributed by atoms with Crippen LogP contribution >= 0.6 is 0 Å². The Labute approximate surface area is 92.3 Å². The molecule has 1 aliphatic carbocycles. The first-order valence-corrected chi connectivity index (χ1v) is 5.54. The van der Waals surface area contributed by atoms with Crippen LogP contribution in [0.15, 0.2) is 37.4 Å². The molecule has 2 rings (SSSR count). The van der Waals surface area contributed by atoms with Crippen LogP contribution in [-0.2, 0) is 0 Å². The minimum atomic E-state index is 0.516. The summed E-state index contributed by atoms with van der Waals surface area (Å²) in [5.74, 6) is 1.03. The zero-order chi connectivity index (χ0) is 11.0. The summed E-state index contributed by atoms with van der Waals surface area (Å²) < 4.78 is 0. The van der Waals surface area contributed by atoms with Gasteiger partial charge >= 0.3 is 0 Å². The molecule has 0 bridgehead atoms. The Kier molecular flexibility index (Phi) is 2.52. The third-order valence-corrected chi connectivity index (χ3v) is 3.67. The topological polar surface area (TPSA) is 0 Å². The van der Waals surface area contributed by atoms with E-state index in [9.17, 15) is 0 Å². The van der Waals surface area contributed by atoms with Gasteiger partial charge in [0.2, 0.25) is 0 Å². The molecule has 1 aliphatic rings. The van der Waals surface area contributed by atoms with E-state index in [1.165, 1.54) is 22.3 Å². The number of rotatable bonds is 2. The molecule has 0 N–H and O–H groups in total. The lowest BCUT2D eigenvalue weighted by Gasteiger charge is -2.12. The lowest BCUT2D eigenvalue weighted by atomic mass is 9.93. The fourth-order valence-electron chi connectivity index (χ4n) is 2.63. The SMILES string of the molecule is C=CC1CC(C=C)c2c1ccc(C)c2C. The second kappa shape index (κ2) is 3.69. The van der Waals surface area contributed by atoms with E-state index in [2.05, 4.69) is 51.3 Å². The third-order valence-electron chi connectivity index (χ3n) is 3.67. The third kappa shape index (κ3) is 1.45. The molecule has 0 nitrogen and oxygen atoms in total. The summed E-state index contributed by atoms with van der Waals surface area (Å²) >= 11 is 0. The smallest absolute Gasteiger partial charge is 0.00297 e. The van der Waals surface area contributed by atoms with Crippen molar-refractivity contribution in [2.45, 2.75) is 32.1 Å². The lowest BCUT2D eigenvalue weighted by Crippen LogP contribution is -1.95. The molecule has 0 aromatic heterocycles. The van der Waals surface area contributed by atoms with E-state index < -0.39 is 0 Å². The number of allylic oxidation sites excluding steroid dienone is 2. The first-order valence-electron chi connectivity index (χ1n) is 5.54. The molecule has 0 fully saturated rings. The highest BCUT2D eigenvalue weighted by molar-refractivity contribution is 5.50. The van der Waals surface area contributed by atoms with Crippen molar-refractivity contribution in [2.24, 2.45) is 0 Å². The summed E-state index contributed by atoms with van der Waals surface area (Å²) in [7, 11) is 0. The van der Waals surface area contributed by atoms with E-state index in [0.29, 0.717) is 11.8 Å². The Morgan fingerprint density at radius 1 is 1.13 bits per heavy atom. The molecule has 0 radical (unpaired) electrons. The summed E-state index contributed by atoms with van der Waals surface area (Å²) in [6.07, 6.45) is 5.29. The number of benzene rings is 1. The molecule has 1 aromatic carbocycles. The van der Waals surface area contributed by atoms with Crippen LogP contribution in [0.2, 0.25) is 0 Å². The molecule has 1 aromatic rings. The number of hydrogen-bond acceptors (Lipinski definition) is 0. The number of aryl methyl sites for hydroxylation is 1. The highest BCUT2D eigenvalue weighted by Crippen LogP contribution is 2.44. The van der Waals surface area contributed by atoms with Gasteiger partial charge in [0.25, 0.3) is 0 Å². The van der Waals surface area contributed by atoms with E-state index in [-0.39, 0.29) is 0 Å². The van der Waals surface area contributed by atoms with E-state index in [0.717, 1.165) is 6.42 Å². The average Bonchev–Trinajstić information content (AvgIpc) is 2.62. The first kappa shape index (κ1) is 10.2. The van der Waals surface area contributed by atoms with Crippen molar-refractivity contribution in [3.63, 3.8) is 0 Å². The van der Waals surface area contributed by atoms with Crippen molar-refractivity contribution in [2.75, 3.05) is 0 Å². The maximum atomic E-state index is 3.95. The molecule has 78 valence electrons. The summed E-state index contributed by atoms with van der Waals surface area (Å²) in [5, 5.41) is 0. The van der Waals surface area contributed by atoms with Crippen molar-refractivity contribution in [3.8, 4) is 0 Å². The van der Waals surface area contributed by atoms with Crippen LogP contribution in [0.1, 0.15) is 40.5 Å². The Morgan fingerprint density at radius 2 is 1.80 bits per heavy atom. The van der Waals surface area contributed by atoms with Gasteiger partial charge in [-0.3, -0.25) is 0 Å². The average molecular weight is 198 g/mol. The Hall–Kier alpha value is -1.30. The molecular formula is C15H18. The predicted molar refractivity (Wildman–Crippen MR) is 66.4 cm³/mol. The highest BCUT2D eigenvalue weighted by Gasteiger charge is 2.28. The minimum absolute atomic E-state index is 0.516. The summed E-state index contributed by atoms with van der Waals surface area (Å²) in [6.45, 7) is 12.3. The molecular weight excluding hydrogens is 180 g/mol. The van der Waals surface area contributed by atoms with Crippen LogP contribution in [0.5, 0.6) is 0 Å². The predicted octanol–water partition coefficient (Wildman–Crippen LogP) is 4.25. The van der Waals surface area contributed by atoms with Crippen molar-refractivity contribution in [1.82, 2.24) is 0 Å². The maximum Gasteiger partial charge on any atom is 0.00297 e. The van der Waals surface area contributed by atoms with Crippen molar-refractivity contribution in [3.05, 3.63) is 59.7 Å². The quantitative estimate of drug-likeness (QED) is 0.623. The number of hydrogen-bond donors (Lipinski definition) is 0. The molecule has 2 unspecified atom stereocenters. The largest absolute Gasteiger partial charge is 0.102 e. The molecule has 0 amide bonds. The van der Waals surface area contributed by atoms with E-state index >= 15 is 0 Å². The molecule has 0 saturated carbocycles. The van der Waals surface area contributed by atoms with Crippen LogP contribution in [0.4, 0.5) is 0 Å². The summed E-state index contributed by atoms with van der Waals surface area (Å²) in [5.41, 5.74) is 5.76. The lowest BCUT2D eigenvalue weighted by molar-refractivity contribution is 0.750. The van der Waals surface area contributed by atoms with Gasteiger partial charge in [0.05, 0.1) is 0 Å². The van der Waals surface area contributed by atoms with Gasteiger partial charge in [-0.1, -0.05) is 24.3 Å². The second-order valence-corrected chi connectivity index (χ2v) is 4.43. The van der Waals surface area contributed by atoms with Gasteiger partial charge in [-0.2, -0.15) is 0 Å². The fourth-order valence-corrected chi connectivity index (χ4v) is 2.63. The standard InChI is InChI=1S/C15H18/c1-5-12-9-13(6-2)15-11(4)10(3)7-8-14(12)15/h5-8,12-13H,1-2,9H2,3-4H3. The normalized spacial score (nSPS) is 23.6.